The standard InChI is InChI=1S/C8H9BrN2O4S/c1-16(14,15)10-5-6-4-7(9)2-3-8(6)11(12)13/h2-4,10H,5H2,1H3. The molecule has 0 heterocycles. The second-order valence-corrected chi connectivity index (χ2v) is 5.87. The molecule has 1 aromatic carbocycles. The van der Waals surface area contributed by atoms with E-state index >= 15 is 0 Å². The van der Waals surface area contributed by atoms with E-state index in [0.29, 0.717) is 10.0 Å². The summed E-state index contributed by atoms with van der Waals surface area (Å²) >= 11 is 3.17. The summed E-state index contributed by atoms with van der Waals surface area (Å²) in [7, 11) is -3.37. The minimum atomic E-state index is -3.37. The van der Waals surface area contributed by atoms with Crippen LogP contribution in [0.5, 0.6) is 0 Å². The highest BCUT2D eigenvalue weighted by atomic mass is 79.9. The lowest BCUT2D eigenvalue weighted by Crippen LogP contribution is -2.21. The van der Waals surface area contributed by atoms with Crippen LogP contribution < -0.4 is 4.72 Å². The number of hydrogen-bond acceptors (Lipinski definition) is 4. The van der Waals surface area contributed by atoms with Gasteiger partial charge in [-0.3, -0.25) is 10.1 Å². The number of nitro groups is 1. The van der Waals surface area contributed by atoms with Crippen molar-refractivity contribution in [2.24, 2.45) is 0 Å². The molecule has 0 atom stereocenters. The van der Waals surface area contributed by atoms with Crippen LogP contribution in [0.4, 0.5) is 5.69 Å². The molecule has 0 bridgehead atoms. The second kappa shape index (κ2) is 4.89. The first-order chi connectivity index (χ1) is 7.29. The molecule has 0 amide bonds. The molecule has 88 valence electrons. The van der Waals surface area contributed by atoms with Crippen molar-refractivity contribution in [3.05, 3.63) is 38.3 Å². The van der Waals surface area contributed by atoms with Crippen molar-refractivity contribution in [2.45, 2.75) is 6.54 Å². The Morgan fingerprint density at radius 2 is 2.12 bits per heavy atom. The third-order valence-corrected chi connectivity index (χ3v) is 2.93. The zero-order valence-electron chi connectivity index (χ0n) is 8.31. The molecule has 6 nitrogen and oxygen atoms in total. The molecule has 1 aromatic rings. The Morgan fingerprint density at radius 1 is 1.50 bits per heavy atom. The second-order valence-electron chi connectivity index (χ2n) is 3.12. The summed E-state index contributed by atoms with van der Waals surface area (Å²) in [5.41, 5.74) is 0.198. The molecule has 16 heavy (non-hydrogen) atoms. The third-order valence-electron chi connectivity index (χ3n) is 1.76. The van der Waals surface area contributed by atoms with Crippen molar-refractivity contribution >= 4 is 31.6 Å². The van der Waals surface area contributed by atoms with Crippen molar-refractivity contribution in [2.75, 3.05) is 6.26 Å². The fourth-order valence-electron chi connectivity index (χ4n) is 1.08. The summed E-state index contributed by atoms with van der Waals surface area (Å²) < 4.78 is 24.6. The van der Waals surface area contributed by atoms with Crippen LogP contribution in [0, 0.1) is 10.1 Å². The topological polar surface area (TPSA) is 89.3 Å². The van der Waals surface area contributed by atoms with Gasteiger partial charge in [0.2, 0.25) is 10.0 Å². The molecule has 0 saturated carbocycles. The first-order valence-electron chi connectivity index (χ1n) is 4.17. The predicted molar refractivity (Wildman–Crippen MR) is 62.5 cm³/mol. The highest BCUT2D eigenvalue weighted by molar-refractivity contribution is 9.10. The molecule has 0 fully saturated rings. The molecular weight excluding hydrogens is 300 g/mol. The molecular formula is C8H9BrN2O4S. The van der Waals surface area contributed by atoms with E-state index < -0.39 is 14.9 Å². The fraction of sp³-hybridized carbons (Fsp3) is 0.250. The molecule has 0 spiro atoms. The zero-order chi connectivity index (χ0) is 12.3. The van der Waals surface area contributed by atoms with Gasteiger partial charge in [-0.2, -0.15) is 0 Å². The van der Waals surface area contributed by atoms with E-state index in [4.69, 9.17) is 0 Å². The van der Waals surface area contributed by atoms with Gasteiger partial charge in [-0.1, -0.05) is 15.9 Å². The van der Waals surface area contributed by atoms with Crippen LogP contribution in [0.25, 0.3) is 0 Å². The Morgan fingerprint density at radius 3 is 2.62 bits per heavy atom. The van der Waals surface area contributed by atoms with Gasteiger partial charge in [0, 0.05) is 22.6 Å². The van der Waals surface area contributed by atoms with Gasteiger partial charge in [0.05, 0.1) is 11.2 Å². The normalized spacial score (nSPS) is 11.4. The van der Waals surface area contributed by atoms with Crippen LogP contribution in [0.1, 0.15) is 5.56 Å². The SMILES string of the molecule is CS(=O)(=O)NCc1cc(Br)ccc1[N+](=O)[O-]. The minimum Gasteiger partial charge on any atom is -0.258 e. The van der Waals surface area contributed by atoms with Crippen molar-refractivity contribution in [3.8, 4) is 0 Å². The summed E-state index contributed by atoms with van der Waals surface area (Å²) in [6.45, 7) is -0.103. The summed E-state index contributed by atoms with van der Waals surface area (Å²) in [6, 6.07) is 4.36. The maximum Gasteiger partial charge on any atom is 0.273 e. The van der Waals surface area contributed by atoms with Gasteiger partial charge in [-0.05, 0) is 12.1 Å². The Balaban J connectivity index is 3.01. The summed E-state index contributed by atoms with van der Waals surface area (Å²) in [4.78, 5) is 10.1. The van der Waals surface area contributed by atoms with E-state index in [1.54, 1.807) is 0 Å². The molecule has 1 N–H and O–H groups in total. The van der Waals surface area contributed by atoms with Gasteiger partial charge in [0.1, 0.15) is 0 Å². The lowest BCUT2D eigenvalue weighted by atomic mass is 10.2. The van der Waals surface area contributed by atoms with Crippen LogP contribution in [-0.2, 0) is 16.6 Å². The number of nitro benzene ring substituents is 1. The number of halogens is 1. The highest BCUT2D eigenvalue weighted by Crippen LogP contribution is 2.22. The lowest BCUT2D eigenvalue weighted by molar-refractivity contribution is -0.385. The van der Waals surface area contributed by atoms with Gasteiger partial charge < -0.3 is 0 Å². The molecule has 0 aliphatic rings. The summed E-state index contributed by atoms with van der Waals surface area (Å²) in [5, 5.41) is 10.7. The number of nitrogens with one attached hydrogen (secondary N) is 1. The van der Waals surface area contributed by atoms with Crippen LogP contribution in [-0.4, -0.2) is 19.6 Å². The van der Waals surface area contributed by atoms with Gasteiger partial charge in [0.25, 0.3) is 5.69 Å². The summed E-state index contributed by atoms with van der Waals surface area (Å²) in [6.07, 6.45) is 0.997. The van der Waals surface area contributed by atoms with Crippen LogP contribution >= 0.6 is 15.9 Å². The molecule has 8 heteroatoms. The molecule has 0 unspecified atom stereocenters. The van der Waals surface area contributed by atoms with Crippen molar-refractivity contribution in [1.29, 1.82) is 0 Å². The van der Waals surface area contributed by atoms with Gasteiger partial charge >= 0.3 is 0 Å². The van der Waals surface area contributed by atoms with Crippen molar-refractivity contribution < 1.29 is 13.3 Å². The number of benzene rings is 1. The van der Waals surface area contributed by atoms with Gasteiger partial charge in [0.15, 0.2) is 0 Å². The molecule has 0 radical (unpaired) electrons. The van der Waals surface area contributed by atoms with Crippen molar-refractivity contribution in [1.82, 2.24) is 4.72 Å². The largest absolute Gasteiger partial charge is 0.273 e. The maximum absolute atomic E-state index is 10.9. The van der Waals surface area contributed by atoms with E-state index in [9.17, 15) is 18.5 Å². The van der Waals surface area contributed by atoms with E-state index in [1.807, 2.05) is 0 Å². The van der Waals surface area contributed by atoms with E-state index in [0.717, 1.165) is 6.26 Å². The van der Waals surface area contributed by atoms with Gasteiger partial charge in [-0.15, -0.1) is 0 Å². The molecule has 0 saturated heterocycles. The Kier molecular flexibility index (Phi) is 4.00. The lowest BCUT2D eigenvalue weighted by Gasteiger charge is -2.04. The highest BCUT2D eigenvalue weighted by Gasteiger charge is 2.14. The molecule has 0 aliphatic carbocycles. The first-order valence-corrected chi connectivity index (χ1v) is 6.85. The average molecular weight is 309 g/mol. The van der Waals surface area contributed by atoms with Crippen LogP contribution in [0.3, 0.4) is 0 Å². The molecule has 0 aliphatic heterocycles. The Hall–Kier alpha value is -0.990. The van der Waals surface area contributed by atoms with E-state index in [1.165, 1.54) is 18.2 Å². The zero-order valence-corrected chi connectivity index (χ0v) is 10.7. The van der Waals surface area contributed by atoms with Gasteiger partial charge in [-0.25, -0.2) is 13.1 Å². The fourth-order valence-corrected chi connectivity index (χ4v) is 1.91. The molecule has 0 aromatic heterocycles. The molecule has 1 rings (SSSR count). The maximum atomic E-state index is 10.9. The number of nitrogens with zero attached hydrogens (tertiary/aromatic N) is 1. The first kappa shape index (κ1) is 13.1. The van der Waals surface area contributed by atoms with Crippen LogP contribution in [0.15, 0.2) is 22.7 Å². The number of hydrogen-bond donors (Lipinski definition) is 1. The monoisotopic (exact) mass is 308 g/mol. The minimum absolute atomic E-state index is 0.103. The number of sulfonamides is 1. The third kappa shape index (κ3) is 3.87. The average Bonchev–Trinajstić information content (AvgIpc) is 2.13. The summed E-state index contributed by atoms with van der Waals surface area (Å²) in [5.74, 6) is 0. The predicted octanol–water partition coefficient (Wildman–Crippen LogP) is 1.41. The van der Waals surface area contributed by atoms with Crippen LogP contribution in [0.2, 0.25) is 0 Å². The van der Waals surface area contributed by atoms with E-state index in [-0.39, 0.29) is 12.2 Å². The number of rotatable bonds is 4. The smallest absolute Gasteiger partial charge is 0.258 e. The van der Waals surface area contributed by atoms with E-state index in [2.05, 4.69) is 20.7 Å². The van der Waals surface area contributed by atoms with Crippen molar-refractivity contribution in [3.63, 3.8) is 0 Å². The quantitative estimate of drug-likeness (QED) is 0.672. The Bertz CT molecular complexity index is 515. The Labute approximate surface area is 101 Å².